The lowest BCUT2D eigenvalue weighted by Crippen LogP contribution is -2.16. The molecular weight excluding hydrogens is 380 g/mol. The zero-order chi connectivity index (χ0) is 20.1. The van der Waals surface area contributed by atoms with Gasteiger partial charge in [0.25, 0.3) is 0 Å². The molecule has 1 amide bonds. The number of hydrogen-bond acceptors (Lipinski definition) is 5. The summed E-state index contributed by atoms with van der Waals surface area (Å²) < 4.78 is 16.7. The quantitative estimate of drug-likeness (QED) is 0.445. The van der Waals surface area contributed by atoms with Gasteiger partial charge in [-0.1, -0.05) is 36.7 Å². The SMILES string of the molecule is CC[C@H](C)Oc1c(Cl)cc(/C=N/NC(=O)c2cc3ccccc3o2)cc1OC. The molecule has 0 aliphatic heterocycles. The van der Waals surface area contributed by atoms with Gasteiger partial charge in [0, 0.05) is 5.39 Å². The smallest absolute Gasteiger partial charge is 0.307 e. The molecule has 3 aromatic rings. The Bertz CT molecular complexity index is 980. The number of furan rings is 1. The van der Waals surface area contributed by atoms with Gasteiger partial charge in [0.15, 0.2) is 17.3 Å². The van der Waals surface area contributed by atoms with Crippen molar-refractivity contribution >= 4 is 34.7 Å². The second-order valence-electron chi connectivity index (χ2n) is 6.22. The minimum atomic E-state index is -0.442. The fourth-order valence-electron chi connectivity index (χ4n) is 2.53. The summed E-state index contributed by atoms with van der Waals surface area (Å²) in [5.41, 5.74) is 3.74. The van der Waals surface area contributed by atoms with Gasteiger partial charge in [0.1, 0.15) is 5.58 Å². The molecule has 1 aromatic heterocycles. The minimum absolute atomic E-state index is 0.00835. The van der Waals surface area contributed by atoms with Crippen LogP contribution in [0, 0.1) is 0 Å². The predicted octanol–water partition coefficient (Wildman–Crippen LogP) is 5.04. The molecule has 0 radical (unpaired) electrons. The van der Waals surface area contributed by atoms with E-state index in [0.717, 1.165) is 11.8 Å². The highest BCUT2D eigenvalue weighted by molar-refractivity contribution is 6.32. The number of benzene rings is 2. The molecule has 1 N–H and O–H groups in total. The number of methoxy groups -OCH3 is 1. The van der Waals surface area contributed by atoms with Gasteiger partial charge in [0.2, 0.25) is 0 Å². The van der Waals surface area contributed by atoms with Crippen LogP contribution in [0.25, 0.3) is 11.0 Å². The number of nitrogens with one attached hydrogen (secondary N) is 1. The highest BCUT2D eigenvalue weighted by Crippen LogP contribution is 2.37. The van der Waals surface area contributed by atoms with Crippen LogP contribution >= 0.6 is 11.6 Å². The van der Waals surface area contributed by atoms with Gasteiger partial charge < -0.3 is 13.9 Å². The number of rotatable bonds is 7. The third kappa shape index (κ3) is 4.46. The molecule has 28 heavy (non-hydrogen) atoms. The first-order chi connectivity index (χ1) is 13.5. The van der Waals surface area contributed by atoms with Gasteiger partial charge in [0.05, 0.1) is 24.5 Å². The molecule has 0 aliphatic carbocycles. The lowest BCUT2D eigenvalue weighted by atomic mass is 10.2. The minimum Gasteiger partial charge on any atom is -0.493 e. The average Bonchev–Trinajstić information content (AvgIpc) is 3.13. The van der Waals surface area contributed by atoms with Crippen molar-refractivity contribution in [3.8, 4) is 11.5 Å². The number of ether oxygens (including phenoxy) is 2. The van der Waals surface area contributed by atoms with Crippen LogP contribution in [0.3, 0.4) is 0 Å². The van der Waals surface area contributed by atoms with Crippen LogP contribution in [0.15, 0.2) is 52.0 Å². The van der Waals surface area contributed by atoms with E-state index in [1.54, 1.807) is 31.4 Å². The molecule has 0 spiro atoms. The summed E-state index contributed by atoms with van der Waals surface area (Å²) in [7, 11) is 1.54. The molecular formula is C21H21ClN2O4. The number of amides is 1. The lowest BCUT2D eigenvalue weighted by Gasteiger charge is -2.17. The Balaban J connectivity index is 1.72. The highest BCUT2D eigenvalue weighted by atomic mass is 35.5. The van der Waals surface area contributed by atoms with E-state index < -0.39 is 5.91 Å². The van der Waals surface area contributed by atoms with Crippen molar-refractivity contribution in [2.45, 2.75) is 26.4 Å². The van der Waals surface area contributed by atoms with Crippen LogP contribution in [0.4, 0.5) is 0 Å². The van der Waals surface area contributed by atoms with E-state index in [1.165, 1.54) is 6.21 Å². The molecule has 0 unspecified atom stereocenters. The molecule has 0 saturated heterocycles. The van der Waals surface area contributed by atoms with Crippen molar-refractivity contribution in [2.24, 2.45) is 5.10 Å². The summed E-state index contributed by atoms with van der Waals surface area (Å²) in [4.78, 5) is 12.2. The Labute approximate surface area is 168 Å². The zero-order valence-corrected chi connectivity index (χ0v) is 16.6. The van der Waals surface area contributed by atoms with Crippen LogP contribution in [0.2, 0.25) is 5.02 Å². The van der Waals surface area contributed by atoms with Crippen LogP contribution in [0.5, 0.6) is 11.5 Å². The number of carbonyl (C=O) groups is 1. The van der Waals surface area contributed by atoms with E-state index in [-0.39, 0.29) is 11.9 Å². The molecule has 7 heteroatoms. The van der Waals surface area contributed by atoms with Crippen molar-refractivity contribution in [1.29, 1.82) is 0 Å². The summed E-state index contributed by atoms with van der Waals surface area (Å²) in [5.74, 6) is 0.730. The number of nitrogens with zero attached hydrogens (tertiary/aromatic N) is 1. The number of fused-ring (bicyclic) bond motifs is 1. The number of para-hydroxylation sites is 1. The first-order valence-electron chi connectivity index (χ1n) is 8.88. The Hall–Kier alpha value is -2.99. The number of carbonyl (C=O) groups excluding carboxylic acids is 1. The normalized spacial score (nSPS) is 12.3. The molecule has 0 saturated carbocycles. The number of hydrogen-bond donors (Lipinski definition) is 1. The van der Waals surface area contributed by atoms with Gasteiger partial charge in [-0.05, 0) is 43.2 Å². The first-order valence-corrected chi connectivity index (χ1v) is 9.25. The first kappa shape index (κ1) is 19.8. The van der Waals surface area contributed by atoms with Crippen molar-refractivity contribution in [2.75, 3.05) is 7.11 Å². The average molecular weight is 401 g/mol. The summed E-state index contributed by atoms with van der Waals surface area (Å²) >= 11 is 6.33. The third-order valence-electron chi connectivity index (χ3n) is 4.17. The van der Waals surface area contributed by atoms with E-state index in [2.05, 4.69) is 10.5 Å². The molecule has 3 rings (SSSR count). The highest BCUT2D eigenvalue weighted by Gasteiger charge is 2.14. The summed E-state index contributed by atoms with van der Waals surface area (Å²) in [6.45, 7) is 3.98. The molecule has 6 nitrogen and oxygen atoms in total. The lowest BCUT2D eigenvalue weighted by molar-refractivity contribution is 0.0929. The van der Waals surface area contributed by atoms with Crippen LogP contribution in [-0.2, 0) is 0 Å². The molecule has 2 aromatic carbocycles. The van der Waals surface area contributed by atoms with Crippen molar-refractivity contribution in [1.82, 2.24) is 5.43 Å². The second-order valence-corrected chi connectivity index (χ2v) is 6.63. The Morgan fingerprint density at radius 2 is 2.11 bits per heavy atom. The largest absolute Gasteiger partial charge is 0.493 e. The van der Waals surface area contributed by atoms with E-state index in [4.69, 9.17) is 25.5 Å². The number of hydrazone groups is 1. The molecule has 1 heterocycles. The van der Waals surface area contributed by atoms with E-state index >= 15 is 0 Å². The molecule has 146 valence electrons. The van der Waals surface area contributed by atoms with Crippen LogP contribution in [0.1, 0.15) is 36.4 Å². The van der Waals surface area contributed by atoms with Crippen LogP contribution in [-0.4, -0.2) is 25.3 Å². The Kier molecular flexibility index (Phi) is 6.21. The second kappa shape index (κ2) is 8.80. The topological polar surface area (TPSA) is 73.1 Å². The maximum atomic E-state index is 12.2. The summed E-state index contributed by atoms with van der Waals surface area (Å²) in [5, 5.41) is 5.23. The van der Waals surface area contributed by atoms with Crippen LogP contribution < -0.4 is 14.9 Å². The van der Waals surface area contributed by atoms with Crippen molar-refractivity contribution < 1.29 is 18.7 Å². The van der Waals surface area contributed by atoms with E-state index in [9.17, 15) is 4.79 Å². The maximum absolute atomic E-state index is 12.2. The Morgan fingerprint density at radius 3 is 2.82 bits per heavy atom. The molecule has 1 atom stereocenters. The molecule has 0 fully saturated rings. The standard InChI is InChI=1S/C21H21ClN2O4/c1-4-13(2)27-20-16(22)9-14(10-18(20)26-3)12-23-24-21(25)19-11-15-7-5-6-8-17(15)28-19/h5-13H,4H2,1-3H3,(H,24,25)/b23-12+/t13-/m0/s1. The summed E-state index contributed by atoms with van der Waals surface area (Å²) in [6, 6.07) is 12.5. The van der Waals surface area contributed by atoms with E-state index in [0.29, 0.717) is 27.7 Å². The molecule has 0 bridgehead atoms. The molecule has 0 aliphatic rings. The van der Waals surface area contributed by atoms with Gasteiger partial charge >= 0.3 is 5.91 Å². The van der Waals surface area contributed by atoms with Gasteiger partial charge in [-0.25, -0.2) is 5.43 Å². The van der Waals surface area contributed by atoms with Crippen molar-refractivity contribution in [3.63, 3.8) is 0 Å². The van der Waals surface area contributed by atoms with Gasteiger partial charge in [-0.3, -0.25) is 4.79 Å². The fraction of sp³-hybridized carbons (Fsp3) is 0.238. The van der Waals surface area contributed by atoms with Gasteiger partial charge in [-0.2, -0.15) is 5.10 Å². The van der Waals surface area contributed by atoms with E-state index in [1.807, 2.05) is 32.0 Å². The summed E-state index contributed by atoms with van der Waals surface area (Å²) in [6.07, 6.45) is 2.33. The Morgan fingerprint density at radius 1 is 1.32 bits per heavy atom. The number of halogens is 1. The van der Waals surface area contributed by atoms with Gasteiger partial charge in [-0.15, -0.1) is 0 Å². The fourth-order valence-corrected chi connectivity index (χ4v) is 2.79. The monoisotopic (exact) mass is 400 g/mol. The zero-order valence-electron chi connectivity index (χ0n) is 15.9. The van der Waals surface area contributed by atoms with Crippen molar-refractivity contribution in [3.05, 3.63) is 58.8 Å². The third-order valence-corrected chi connectivity index (χ3v) is 4.46. The predicted molar refractivity (Wildman–Crippen MR) is 110 cm³/mol. The maximum Gasteiger partial charge on any atom is 0.307 e.